The van der Waals surface area contributed by atoms with Crippen LogP contribution in [0.1, 0.15) is 42.6 Å². The summed E-state index contributed by atoms with van der Waals surface area (Å²) in [5.41, 5.74) is 1.90. The number of carbonyl (C=O) groups excluding carboxylic acids is 1. The molecule has 1 saturated heterocycles. The predicted octanol–water partition coefficient (Wildman–Crippen LogP) is 4.02. The van der Waals surface area contributed by atoms with Gasteiger partial charge in [0.1, 0.15) is 0 Å². The van der Waals surface area contributed by atoms with E-state index in [-0.39, 0.29) is 5.91 Å². The quantitative estimate of drug-likeness (QED) is 0.767. The van der Waals surface area contributed by atoms with Gasteiger partial charge in [-0.05, 0) is 60.2 Å². The lowest BCUT2D eigenvalue weighted by Gasteiger charge is -2.37. The molecule has 0 bridgehead atoms. The number of carbonyl (C=O) groups is 1. The molecule has 2 unspecified atom stereocenters. The lowest BCUT2D eigenvalue weighted by atomic mass is 9.94. The van der Waals surface area contributed by atoms with E-state index in [9.17, 15) is 4.79 Å². The van der Waals surface area contributed by atoms with Crippen LogP contribution in [0.2, 0.25) is 0 Å². The first kappa shape index (κ1) is 13.6. The van der Waals surface area contributed by atoms with Gasteiger partial charge in [0.05, 0.1) is 5.56 Å². The van der Waals surface area contributed by atoms with E-state index in [0.29, 0.717) is 12.0 Å². The van der Waals surface area contributed by atoms with Crippen LogP contribution in [0.5, 0.6) is 0 Å². The van der Waals surface area contributed by atoms with Crippen molar-refractivity contribution in [2.45, 2.75) is 39.7 Å². The van der Waals surface area contributed by atoms with Crippen LogP contribution in [0.15, 0.2) is 22.7 Å². The first-order valence-electron chi connectivity index (χ1n) is 6.56. The molecule has 0 aromatic heterocycles. The largest absolute Gasteiger partial charge is 0.336 e. The molecular formula is C15H20BrNO. The normalized spacial score (nSPS) is 24.1. The van der Waals surface area contributed by atoms with Gasteiger partial charge < -0.3 is 4.90 Å². The Bertz CT molecular complexity index is 458. The fourth-order valence-corrected chi connectivity index (χ4v) is 2.97. The van der Waals surface area contributed by atoms with Crippen LogP contribution in [0.25, 0.3) is 0 Å². The summed E-state index contributed by atoms with van der Waals surface area (Å²) in [6.07, 6.45) is 2.33. The van der Waals surface area contributed by atoms with Gasteiger partial charge in [0.25, 0.3) is 5.91 Å². The molecule has 2 nitrogen and oxygen atoms in total. The highest BCUT2D eigenvalue weighted by atomic mass is 79.9. The average Bonchev–Trinajstić information content (AvgIpc) is 2.35. The average molecular weight is 310 g/mol. The van der Waals surface area contributed by atoms with E-state index in [2.05, 4.69) is 29.8 Å². The van der Waals surface area contributed by atoms with Crippen molar-refractivity contribution in [3.63, 3.8) is 0 Å². The summed E-state index contributed by atoms with van der Waals surface area (Å²) in [7, 11) is 0. The second-order valence-corrected chi connectivity index (χ2v) is 6.22. The van der Waals surface area contributed by atoms with E-state index in [4.69, 9.17) is 0 Å². The van der Waals surface area contributed by atoms with Crippen molar-refractivity contribution in [1.29, 1.82) is 0 Å². The van der Waals surface area contributed by atoms with Crippen LogP contribution in [0.4, 0.5) is 0 Å². The molecule has 0 aliphatic carbocycles. The third kappa shape index (κ3) is 2.61. The number of rotatable bonds is 1. The summed E-state index contributed by atoms with van der Waals surface area (Å²) in [6.45, 7) is 7.26. The molecule has 18 heavy (non-hydrogen) atoms. The van der Waals surface area contributed by atoms with Gasteiger partial charge in [-0.15, -0.1) is 0 Å². The lowest BCUT2D eigenvalue weighted by molar-refractivity contribution is 0.0573. The standard InChI is InChI=1S/C15H20BrNO/c1-10-7-8-12(3)17(9-10)15(18)13-6-4-5-11(2)14(13)16/h4-6,10,12H,7-9H2,1-3H3. The van der Waals surface area contributed by atoms with Gasteiger partial charge in [0.15, 0.2) is 0 Å². The fraction of sp³-hybridized carbons (Fsp3) is 0.533. The number of amides is 1. The molecule has 1 aromatic carbocycles. The summed E-state index contributed by atoms with van der Waals surface area (Å²) in [6, 6.07) is 6.22. The minimum absolute atomic E-state index is 0.157. The van der Waals surface area contributed by atoms with Crippen molar-refractivity contribution < 1.29 is 4.79 Å². The summed E-state index contributed by atoms with van der Waals surface area (Å²) >= 11 is 3.53. The van der Waals surface area contributed by atoms with E-state index in [1.807, 2.05) is 30.0 Å². The van der Waals surface area contributed by atoms with Gasteiger partial charge >= 0.3 is 0 Å². The topological polar surface area (TPSA) is 20.3 Å². The molecular weight excluding hydrogens is 290 g/mol. The maximum atomic E-state index is 12.6. The van der Waals surface area contributed by atoms with Crippen LogP contribution in [0.3, 0.4) is 0 Å². The monoisotopic (exact) mass is 309 g/mol. The third-order valence-electron chi connectivity index (χ3n) is 3.80. The maximum Gasteiger partial charge on any atom is 0.255 e. The summed E-state index contributed by atoms with van der Waals surface area (Å²) in [5, 5.41) is 0. The number of halogens is 1. The smallest absolute Gasteiger partial charge is 0.255 e. The summed E-state index contributed by atoms with van der Waals surface area (Å²) in [5.74, 6) is 0.762. The SMILES string of the molecule is Cc1cccc(C(=O)N2CC(C)CCC2C)c1Br. The number of hydrogen-bond donors (Lipinski definition) is 0. The number of benzene rings is 1. The second-order valence-electron chi connectivity index (χ2n) is 5.43. The maximum absolute atomic E-state index is 12.6. The Kier molecular flexibility index (Phi) is 4.10. The van der Waals surface area contributed by atoms with E-state index in [0.717, 1.165) is 28.6 Å². The minimum atomic E-state index is 0.157. The fourth-order valence-electron chi connectivity index (χ4n) is 2.54. The number of likely N-dealkylation sites (tertiary alicyclic amines) is 1. The highest BCUT2D eigenvalue weighted by Crippen LogP contribution is 2.27. The number of piperidine rings is 1. The van der Waals surface area contributed by atoms with Crippen LogP contribution in [-0.2, 0) is 0 Å². The van der Waals surface area contributed by atoms with Crippen LogP contribution < -0.4 is 0 Å². The number of aryl methyl sites for hydroxylation is 1. The van der Waals surface area contributed by atoms with E-state index < -0.39 is 0 Å². The van der Waals surface area contributed by atoms with Gasteiger partial charge in [-0.25, -0.2) is 0 Å². The zero-order valence-corrected chi connectivity index (χ0v) is 12.8. The number of hydrogen-bond acceptors (Lipinski definition) is 1. The Morgan fingerprint density at radius 3 is 2.78 bits per heavy atom. The first-order valence-corrected chi connectivity index (χ1v) is 7.36. The molecule has 0 radical (unpaired) electrons. The van der Waals surface area contributed by atoms with Gasteiger partial charge in [0, 0.05) is 17.1 Å². The molecule has 0 N–H and O–H groups in total. The molecule has 1 aromatic rings. The molecule has 98 valence electrons. The summed E-state index contributed by atoms with van der Waals surface area (Å²) in [4.78, 5) is 14.6. The van der Waals surface area contributed by atoms with Crippen molar-refractivity contribution in [2.75, 3.05) is 6.54 Å². The zero-order valence-electron chi connectivity index (χ0n) is 11.2. The molecule has 2 rings (SSSR count). The highest BCUT2D eigenvalue weighted by Gasteiger charge is 2.28. The van der Waals surface area contributed by atoms with Gasteiger partial charge in [0.2, 0.25) is 0 Å². The Hall–Kier alpha value is -0.830. The Labute approximate surface area is 117 Å². The molecule has 0 spiro atoms. The van der Waals surface area contributed by atoms with E-state index in [1.54, 1.807) is 0 Å². The molecule has 1 heterocycles. The lowest BCUT2D eigenvalue weighted by Crippen LogP contribution is -2.45. The second kappa shape index (κ2) is 5.43. The van der Waals surface area contributed by atoms with Crippen molar-refractivity contribution in [3.05, 3.63) is 33.8 Å². The Balaban J connectivity index is 2.27. The van der Waals surface area contributed by atoms with Crippen LogP contribution in [-0.4, -0.2) is 23.4 Å². The van der Waals surface area contributed by atoms with Crippen molar-refractivity contribution in [2.24, 2.45) is 5.92 Å². The van der Waals surface area contributed by atoms with E-state index >= 15 is 0 Å². The molecule has 1 fully saturated rings. The Morgan fingerprint density at radius 2 is 2.06 bits per heavy atom. The zero-order chi connectivity index (χ0) is 13.3. The van der Waals surface area contributed by atoms with Gasteiger partial charge in [-0.3, -0.25) is 4.79 Å². The Morgan fingerprint density at radius 1 is 1.33 bits per heavy atom. The summed E-state index contributed by atoms with van der Waals surface area (Å²) < 4.78 is 0.931. The third-order valence-corrected chi connectivity index (χ3v) is 4.85. The van der Waals surface area contributed by atoms with Crippen molar-refractivity contribution >= 4 is 21.8 Å². The molecule has 1 aliphatic heterocycles. The van der Waals surface area contributed by atoms with Gasteiger partial charge in [-0.1, -0.05) is 19.1 Å². The first-order chi connectivity index (χ1) is 8.50. The molecule has 1 amide bonds. The molecule has 1 aliphatic rings. The van der Waals surface area contributed by atoms with Crippen LogP contribution >= 0.6 is 15.9 Å². The van der Waals surface area contributed by atoms with Crippen molar-refractivity contribution in [3.8, 4) is 0 Å². The van der Waals surface area contributed by atoms with Crippen molar-refractivity contribution in [1.82, 2.24) is 4.90 Å². The molecule has 0 saturated carbocycles. The molecule has 3 heteroatoms. The predicted molar refractivity (Wildman–Crippen MR) is 77.8 cm³/mol. The molecule has 2 atom stereocenters. The van der Waals surface area contributed by atoms with Gasteiger partial charge in [-0.2, -0.15) is 0 Å². The minimum Gasteiger partial charge on any atom is -0.336 e. The number of nitrogens with zero attached hydrogens (tertiary/aromatic N) is 1. The van der Waals surface area contributed by atoms with E-state index in [1.165, 1.54) is 6.42 Å². The highest BCUT2D eigenvalue weighted by molar-refractivity contribution is 9.10. The van der Waals surface area contributed by atoms with Crippen LogP contribution in [0, 0.1) is 12.8 Å².